The molecule has 0 aliphatic carbocycles. The molecule has 1 unspecified atom stereocenters. The summed E-state index contributed by atoms with van der Waals surface area (Å²) < 4.78 is 5.81. The number of nitrogens with zero attached hydrogens (tertiary/aromatic N) is 3. The first-order valence-electron chi connectivity index (χ1n) is 8.62. The molecule has 2 aliphatic heterocycles. The Balaban J connectivity index is 1.76. The molecule has 6 heteroatoms. The molecule has 24 heavy (non-hydrogen) atoms. The van der Waals surface area contributed by atoms with Gasteiger partial charge in [-0.3, -0.25) is 14.6 Å². The van der Waals surface area contributed by atoms with E-state index in [1.807, 2.05) is 19.2 Å². The van der Waals surface area contributed by atoms with E-state index >= 15 is 0 Å². The maximum atomic E-state index is 13.1. The fourth-order valence-electron chi connectivity index (χ4n) is 3.67. The van der Waals surface area contributed by atoms with Crippen molar-refractivity contribution in [3.63, 3.8) is 0 Å². The van der Waals surface area contributed by atoms with Gasteiger partial charge in [-0.15, -0.1) is 0 Å². The lowest BCUT2D eigenvalue weighted by Gasteiger charge is -2.31. The summed E-state index contributed by atoms with van der Waals surface area (Å²) in [6.45, 7) is 1.33. The highest BCUT2D eigenvalue weighted by molar-refractivity contribution is 5.88. The molecule has 3 rings (SSSR count). The van der Waals surface area contributed by atoms with E-state index in [9.17, 15) is 9.59 Å². The topological polar surface area (TPSA) is 62.7 Å². The first kappa shape index (κ1) is 16.9. The van der Waals surface area contributed by atoms with Crippen molar-refractivity contribution in [1.82, 2.24) is 14.8 Å². The Bertz CT molecular complexity index is 592. The largest absolute Gasteiger partial charge is 0.373 e. The number of ether oxygens (including phenoxy) is 1. The molecule has 0 N–H and O–H groups in total. The van der Waals surface area contributed by atoms with Crippen LogP contribution in [0.3, 0.4) is 0 Å². The first-order chi connectivity index (χ1) is 11.6. The minimum absolute atomic E-state index is 0.00274. The number of likely N-dealkylation sites (tertiary alicyclic amines) is 1. The highest BCUT2D eigenvalue weighted by atomic mass is 16.5. The highest BCUT2D eigenvalue weighted by Gasteiger charge is 2.40. The number of hydrogen-bond donors (Lipinski definition) is 0. The molecule has 2 aliphatic rings. The van der Waals surface area contributed by atoms with Crippen LogP contribution in [0.4, 0.5) is 0 Å². The molecule has 0 bridgehead atoms. The Labute approximate surface area is 142 Å². The van der Waals surface area contributed by atoms with E-state index in [1.54, 1.807) is 29.2 Å². The second-order valence-electron chi connectivity index (χ2n) is 6.69. The third-order valence-electron chi connectivity index (χ3n) is 5.14. The van der Waals surface area contributed by atoms with Crippen molar-refractivity contribution >= 4 is 11.8 Å². The van der Waals surface area contributed by atoms with E-state index in [-0.39, 0.29) is 29.9 Å². The summed E-state index contributed by atoms with van der Waals surface area (Å²) in [5.74, 6) is -0.190. The molecule has 3 atom stereocenters. The second-order valence-corrected chi connectivity index (χ2v) is 6.69. The van der Waals surface area contributed by atoms with Gasteiger partial charge in [-0.2, -0.15) is 0 Å². The van der Waals surface area contributed by atoms with Crippen LogP contribution in [0.25, 0.3) is 0 Å². The number of pyridine rings is 1. The maximum absolute atomic E-state index is 13.1. The molecule has 1 aromatic rings. The van der Waals surface area contributed by atoms with E-state index in [0.717, 1.165) is 31.4 Å². The Hall–Kier alpha value is -1.95. The lowest BCUT2D eigenvalue weighted by atomic mass is 9.93. The molecule has 2 amide bonds. The molecule has 0 spiro atoms. The molecule has 3 heterocycles. The summed E-state index contributed by atoms with van der Waals surface area (Å²) in [7, 11) is 3.57. The van der Waals surface area contributed by atoms with Crippen molar-refractivity contribution in [3.8, 4) is 0 Å². The van der Waals surface area contributed by atoms with Gasteiger partial charge < -0.3 is 14.5 Å². The van der Waals surface area contributed by atoms with Crippen LogP contribution in [0, 0.1) is 5.92 Å². The average molecular weight is 331 g/mol. The summed E-state index contributed by atoms with van der Waals surface area (Å²) in [6, 6.07) is 3.42. The minimum atomic E-state index is -0.358. The van der Waals surface area contributed by atoms with Gasteiger partial charge in [-0.1, -0.05) is 0 Å². The molecule has 0 radical (unpaired) electrons. The van der Waals surface area contributed by atoms with Gasteiger partial charge in [0.15, 0.2) is 0 Å². The lowest BCUT2D eigenvalue weighted by molar-refractivity contribution is -0.146. The SMILES string of the molecule is CN1CCCCC(N(C)C(=O)[C@@H]2CCO[C@H]2c2ccncc2)C1=O. The molecule has 130 valence electrons. The van der Waals surface area contributed by atoms with Gasteiger partial charge in [0.2, 0.25) is 11.8 Å². The van der Waals surface area contributed by atoms with Crippen LogP contribution in [0.15, 0.2) is 24.5 Å². The van der Waals surface area contributed by atoms with Gasteiger partial charge in [0.05, 0.1) is 12.0 Å². The van der Waals surface area contributed by atoms with Crippen LogP contribution < -0.4 is 0 Å². The molecule has 2 saturated heterocycles. The standard InChI is InChI=1S/C18H25N3O3/c1-20-11-4-3-5-15(18(20)23)21(2)17(22)14-8-12-24-16(14)13-6-9-19-10-7-13/h6-7,9-10,14-16H,3-5,8,11-12H2,1-2H3/t14-,15?,16+/m1/s1. The van der Waals surface area contributed by atoms with Crippen molar-refractivity contribution in [2.24, 2.45) is 5.92 Å². The van der Waals surface area contributed by atoms with E-state index in [1.165, 1.54) is 0 Å². The summed E-state index contributed by atoms with van der Waals surface area (Å²) in [5, 5.41) is 0. The monoisotopic (exact) mass is 331 g/mol. The van der Waals surface area contributed by atoms with Gasteiger partial charge in [-0.25, -0.2) is 0 Å². The van der Waals surface area contributed by atoms with Gasteiger partial charge in [0.25, 0.3) is 0 Å². The fraction of sp³-hybridized carbons (Fsp3) is 0.611. The maximum Gasteiger partial charge on any atom is 0.245 e. The third kappa shape index (κ3) is 3.29. The van der Waals surface area contributed by atoms with Gasteiger partial charge >= 0.3 is 0 Å². The summed E-state index contributed by atoms with van der Waals surface area (Å²) in [4.78, 5) is 33.0. The van der Waals surface area contributed by atoms with Crippen LogP contribution in [0.1, 0.15) is 37.4 Å². The zero-order valence-electron chi connectivity index (χ0n) is 14.4. The number of rotatable bonds is 3. The number of hydrogen-bond acceptors (Lipinski definition) is 4. The van der Waals surface area contributed by atoms with Gasteiger partial charge in [-0.05, 0) is 43.4 Å². The molecular weight excluding hydrogens is 306 g/mol. The summed E-state index contributed by atoms with van der Waals surface area (Å²) >= 11 is 0. The number of likely N-dealkylation sites (N-methyl/N-ethyl adjacent to an activating group) is 2. The Morgan fingerprint density at radius 1 is 1.29 bits per heavy atom. The number of amides is 2. The van der Waals surface area contributed by atoms with Crippen molar-refractivity contribution in [2.45, 2.75) is 37.8 Å². The average Bonchev–Trinajstić information content (AvgIpc) is 3.04. The number of aromatic nitrogens is 1. The number of carbonyl (C=O) groups is 2. The van der Waals surface area contributed by atoms with Gasteiger partial charge in [0.1, 0.15) is 6.04 Å². The minimum Gasteiger partial charge on any atom is -0.373 e. The van der Waals surface area contributed by atoms with E-state index < -0.39 is 0 Å². The van der Waals surface area contributed by atoms with E-state index in [4.69, 9.17) is 4.74 Å². The lowest BCUT2D eigenvalue weighted by Crippen LogP contribution is -2.49. The molecule has 1 aromatic heterocycles. The third-order valence-corrected chi connectivity index (χ3v) is 5.14. The van der Waals surface area contributed by atoms with Crippen molar-refractivity contribution in [2.75, 3.05) is 27.2 Å². The quantitative estimate of drug-likeness (QED) is 0.844. The predicted octanol–water partition coefficient (Wildman–Crippen LogP) is 1.63. The van der Waals surface area contributed by atoms with Crippen LogP contribution >= 0.6 is 0 Å². The van der Waals surface area contributed by atoms with Crippen LogP contribution in [0.5, 0.6) is 0 Å². The molecule has 2 fully saturated rings. The van der Waals surface area contributed by atoms with Crippen molar-refractivity contribution in [1.29, 1.82) is 0 Å². The Kier molecular flexibility index (Phi) is 5.14. The summed E-state index contributed by atoms with van der Waals surface area (Å²) in [5.41, 5.74) is 0.971. The van der Waals surface area contributed by atoms with Crippen molar-refractivity contribution in [3.05, 3.63) is 30.1 Å². The number of carbonyl (C=O) groups excluding carboxylic acids is 2. The van der Waals surface area contributed by atoms with Crippen LogP contribution in [-0.4, -0.2) is 59.9 Å². The van der Waals surface area contributed by atoms with Gasteiger partial charge in [0, 0.05) is 39.6 Å². The normalized spacial score (nSPS) is 27.8. The van der Waals surface area contributed by atoms with Crippen LogP contribution in [0.2, 0.25) is 0 Å². The Morgan fingerprint density at radius 2 is 2.04 bits per heavy atom. The van der Waals surface area contributed by atoms with Crippen molar-refractivity contribution < 1.29 is 14.3 Å². The smallest absolute Gasteiger partial charge is 0.245 e. The Morgan fingerprint density at radius 3 is 2.79 bits per heavy atom. The molecule has 6 nitrogen and oxygen atoms in total. The zero-order chi connectivity index (χ0) is 17.1. The van der Waals surface area contributed by atoms with E-state index in [0.29, 0.717) is 13.0 Å². The zero-order valence-corrected chi connectivity index (χ0v) is 14.4. The van der Waals surface area contributed by atoms with Crippen LogP contribution in [-0.2, 0) is 14.3 Å². The molecule has 0 aromatic carbocycles. The molecule has 0 saturated carbocycles. The first-order valence-corrected chi connectivity index (χ1v) is 8.62. The fourth-order valence-corrected chi connectivity index (χ4v) is 3.67. The summed E-state index contributed by atoms with van der Waals surface area (Å²) in [6.07, 6.45) is 6.56. The highest BCUT2D eigenvalue weighted by Crippen LogP contribution is 2.36. The molecular formula is C18H25N3O3. The van der Waals surface area contributed by atoms with E-state index in [2.05, 4.69) is 4.98 Å². The second kappa shape index (κ2) is 7.30. The predicted molar refractivity (Wildman–Crippen MR) is 89.1 cm³/mol.